The second-order valence-corrected chi connectivity index (χ2v) is 5.80. The summed E-state index contributed by atoms with van der Waals surface area (Å²) in [5.74, 6) is 1.51. The van der Waals surface area contributed by atoms with Crippen LogP contribution in [-0.4, -0.2) is 15.7 Å². The number of nitrogens with one attached hydrogen (secondary N) is 1. The van der Waals surface area contributed by atoms with E-state index in [2.05, 4.69) is 9.97 Å². The van der Waals surface area contributed by atoms with Crippen molar-refractivity contribution in [3.8, 4) is 6.07 Å². The number of fused-ring (bicyclic) bond motifs is 1. The number of nitrogen functional groups attached to an aromatic ring is 2. The van der Waals surface area contributed by atoms with Crippen LogP contribution in [0.4, 0.5) is 11.4 Å². The SMILES string of the molecule is N#Cc1nc2c(o1)CCCC2.N=C(c1cnco1)c1cc(N)ccc1N. The standard InChI is InChI=1S/C10H10N4O.C8H8N2O/c11-6-1-2-8(12)7(3-6)10(13)9-4-14-5-15-9;9-5-8-10-6-3-1-2-4-7(6)11-8/h1-5,13H,11-12H2;1-4H2. The first kappa shape index (κ1) is 17.2. The second kappa shape index (κ2) is 7.53. The Balaban J connectivity index is 0.000000158. The van der Waals surface area contributed by atoms with E-state index < -0.39 is 0 Å². The Hall–Kier alpha value is -3.60. The molecule has 3 aromatic rings. The lowest BCUT2D eigenvalue weighted by Crippen LogP contribution is -2.05. The van der Waals surface area contributed by atoms with E-state index in [0.29, 0.717) is 22.7 Å². The molecule has 1 aliphatic rings. The van der Waals surface area contributed by atoms with Crippen LogP contribution in [0.25, 0.3) is 0 Å². The van der Waals surface area contributed by atoms with Crippen LogP contribution in [0.2, 0.25) is 0 Å². The zero-order valence-corrected chi connectivity index (χ0v) is 14.0. The first-order valence-electron chi connectivity index (χ1n) is 8.10. The molecule has 2 heterocycles. The van der Waals surface area contributed by atoms with Gasteiger partial charge in [-0.25, -0.2) is 9.97 Å². The molecule has 0 unspecified atom stereocenters. The summed E-state index contributed by atoms with van der Waals surface area (Å²) in [4.78, 5) is 7.78. The van der Waals surface area contributed by atoms with Gasteiger partial charge in [0, 0.05) is 23.4 Å². The van der Waals surface area contributed by atoms with Gasteiger partial charge in [0.1, 0.15) is 11.5 Å². The third-order valence-corrected chi connectivity index (χ3v) is 3.97. The van der Waals surface area contributed by atoms with Crippen molar-refractivity contribution in [3.05, 3.63) is 59.5 Å². The summed E-state index contributed by atoms with van der Waals surface area (Å²) < 4.78 is 10.2. The number of aromatic nitrogens is 2. The Kier molecular flexibility index (Phi) is 4.99. The number of oxazole rings is 2. The summed E-state index contributed by atoms with van der Waals surface area (Å²) in [7, 11) is 0. The van der Waals surface area contributed by atoms with Crippen molar-refractivity contribution in [2.45, 2.75) is 25.7 Å². The fourth-order valence-corrected chi connectivity index (χ4v) is 2.66. The predicted octanol–water partition coefficient (Wildman–Crippen LogP) is 2.68. The van der Waals surface area contributed by atoms with E-state index in [4.69, 9.17) is 31.0 Å². The van der Waals surface area contributed by atoms with Gasteiger partial charge in [-0.1, -0.05) is 0 Å². The Morgan fingerprint density at radius 3 is 2.73 bits per heavy atom. The lowest BCUT2D eigenvalue weighted by molar-refractivity contribution is 0.467. The summed E-state index contributed by atoms with van der Waals surface area (Å²) in [6.07, 6.45) is 6.99. The van der Waals surface area contributed by atoms with E-state index in [0.717, 1.165) is 30.7 Å². The Labute approximate surface area is 150 Å². The molecule has 0 amide bonds. The van der Waals surface area contributed by atoms with Gasteiger partial charge in [0.05, 0.1) is 11.9 Å². The maximum absolute atomic E-state index is 8.48. The van der Waals surface area contributed by atoms with Crippen molar-refractivity contribution in [3.63, 3.8) is 0 Å². The van der Waals surface area contributed by atoms with Crippen LogP contribution in [-0.2, 0) is 12.8 Å². The van der Waals surface area contributed by atoms with E-state index >= 15 is 0 Å². The summed E-state index contributed by atoms with van der Waals surface area (Å²) >= 11 is 0. The topological polar surface area (TPSA) is 152 Å². The van der Waals surface area contributed by atoms with Crippen LogP contribution in [0.1, 0.15) is 41.5 Å². The highest BCUT2D eigenvalue weighted by molar-refractivity contribution is 6.12. The number of anilines is 2. The van der Waals surface area contributed by atoms with Crippen molar-refractivity contribution >= 4 is 17.1 Å². The van der Waals surface area contributed by atoms with Gasteiger partial charge in [0.2, 0.25) is 0 Å². The van der Waals surface area contributed by atoms with Gasteiger partial charge >= 0.3 is 5.89 Å². The molecule has 8 heteroatoms. The monoisotopic (exact) mass is 350 g/mol. The van der Waals surface area contributed by atoms with Crippen molar-refractivity contribution in [2.75, 3.05) is 11.5 Å². The van der Waals surface area contributed by atoms with Crippen LogP contribution in [0, 0.1) is 16.7 Å². The van der Waals surface area contributed by atoms with E-state index in [1.807, 2.05) is 6.07 Å². The lowest BCUT2D eigenvalue weighted by Gasteiger charge is -2.05. The largest absolute Gasteiger partial charge is 0.442 e. The highest BCUT2D eigenvalue weighted by atomic mass is 16.4. The van der Waals surface area contributed by atoms with Crippen LogP contribution in [0.15, 0.2) is 39.6 Å². The normalized spacial score (nSPS) is 12.4. The predicted molar refractivity (Wildman–Crippen MR) is 95.6 cm³/mol. The van der Waals surface area contributed by atoms with Crippen LogP contribution < -0.4 is 11.5 Å². The second-order valence-electron chi connectivity index (χ2n) is 5.80. The van der Waals surface area contributed by atoms with Gasteiger partial charge in [0.15, 0.2) is 18.2 Å². The van der Waals surface area contributed by atoms with Gasteiger partial charge in [-0.2, -0.15) is 5.26 Å². The Morgan fingerprint density at radius 2 is 2.04 bits per heavy atom. The summed E-state index contributed by atoms with van der Waals surface area (Å²) in [5, 5.41) is 16.3. The molecule has 0 atom stereocenters. The number of nitrogens with zero attached hydrogens (tertiary/aromatic N) is 3. The van der Waals surface area contributed by atoms with E-state index in [1.54, 1.807) is 18.2 Å². The smallest absolute Gasteiger partial charge is 0.300 e. The number of nitriles is 1. The van der Waals surface area contributed by atoms with E-state index in [1.165, 1.54) is 19.0 Å². The molecule has 4 rings (SSSR count). The molecule has 0 radical (unpaired) electrons. The minimum atomic E-state index is 0.178. The first-order valence-corrected chi connectivity index (χ1v) is 8.10. The average molecular weight is 350 g/mol. The molecule has 2 aromatic heterocycles. The number of rotatable bonds is 2. The molecule has 0 saturated carbocycles. The van der Waals surface area contributed by atoms with Gasteiger partial charge in [-0.3, -0.25) is 5.41 Å². The summed E-state index contributed by atoms with van der Waals surface area (Å²) in [5.41, 5.74) is 14.1. The van der Waals surface area contributed by atoms with Crippen molar-refractivity contribution < 1.29 is 8.83 Å². The Bertz CT molecular complexity index is 929. The molecule has 132 valence electrons. The number of hydrogen-bond donors (Lipinski definition) is 3. The molecule has 0 fully saturated rings. The maximum atomic E-state index is 8.48. The van der Waals surface area contributed by atoms with Crippen LogP contribution in [0.3, 0.4) is 0 Å². The Morgan fingerprint density at radius 1 is 1.23 bits per heavy atom. The molecular formula is C18H18N6O2. The number of aryl methyl sites for hydroxylation is 2. The maximum Gasteiger partial charge on any atom is 0.300 e. The van der Waals surface area contributed by atoms with E-state index in [-0.39, 0.29) is 11.6 Å². The van der Waals surface area contributed by atoms with Crippen LogP contribution in [0.5, 0.6) is 0 Å². The molecule has 26 heavy (non-hydrogen) atoms. The summed E-state index contributed by atoms with van der Waals surface area (Å²) in [6.45, 7) is 0. The average Bonchev–Trinajstić information content (AvgIpc) is 3.33. The fraction of sp³-hybridized carbons (Fsp3) is 0.222. The van der Waals surface area contributed by atoms with Crippen molar-refractivity contribution in [2.24, 2.45) is 0 Å². The molecule has 0 aliphatic heterocycles. The highest BCUT2D eigenvalue weighted by Crippen LogP contribution is 2.21. The molecule has 0 bridgehead atoms. The highest BCUT2D eigenvalue weighted by Gasteiger charge is 2.16. The number of benzene rings is 1. The van der Waals surface area contributed by atoms with Gasteiger partial charge in [-0.05, 0) is 37.5 Å². The van der Waals surface area contributed by atoms with Gasteiger partial charge in [0.25, 0.3) is 0 Å². The molecule has 1 aliphatic carbocycles. The molecule has 5 N–H and O–H groups in total. The molecule has 0 spiro atoms. The van der Waals surface area contributed by atoms with Crippen molar-refractivity contribution in [1.82, 2.24) is 9.97 Å². The lowest BCUT2D eigenvalue weighted by atomic mass is 10.0. The van der Waals surface area contributed by atoms with Gasteiger partial charge in [-0.15, -0.1) is 0 Å². The number of hydrogen-bond acceptors (Lipinski definition) is 8. The zero-order valence-electron chi connectivity index (χ0n) is 14.0. The third kappa shape index (κ3) is 3.72. The molecular weight excluding hydrogens is 332 g/mol. The fourth-order valence-electron chi connectivity index (χ4n) is 2.66. The molecule has 1 aromatic carbocycles. The zero-order chi connectivity index (χ0) is 18.5. The number of nitrogens with two attached hydrogens (primary N) is 2. The van der Waals surface area contributed by atoms with Crippen molar-refractivity contribution in [1.29, 1.82) is 10.7 Å². The third-order valence-electron chi connectivity index (χ3n) is 3.97. The van der Waals surface area contributed by atoms with Gasteiger partial charge < -0.3 is 20.3 Å². The quantitative estimate of drug-likeness (QED) is 0.474. The first-order chi connectivity index (χ1) is 12.6. The van der Waals surface area contributed by atoms with Crippen LogP contribution >= 0.6 is 0 Å². The minimum Gasteiger partial charge on any atom is -0.442 e. The summed E-state index contributed by atoms with van der Waals surface area (Å²) in [6, 6.07) is 6.89. The van der Waals surface area contributed by atoms with E-state index in [9.17, 15) is 0 Å². The molecule has 8 nitrogen and oxygen atoms in total. The minimum absolute atomic E-state index is 0.178. The molecule has 0 saturated heterocycles.